The smallest absolute Gasteiger partial charge is 0.465 e. The number of carbonyl (C=O) groups is 4. The number of hydrogen-bond acceptors (Lipinski definition) is 13. The molecule has 0 bridgehead atoms. The van der Waals surface area contributed by atoms with Crippen LogP contribution in [0, 0.1) is 38.7 Å². The van der Waals surface area contributed by atoms with Gasteiger partial charge in [-0.25, -0.2) is 4.79 Å². The monoisotopic (exact) mass is 732 g/mol. The number of Topliss-reactive ketones (excluding diaryl/α,β-unsaturated/α-hetero) is 1. The third-order valence-corrected chi connectivity index (χ3v) is 12.7. The molecular formula is C36H45ClN2O12. The van der Waals surface area contributed by atoms with Gasteiger partial charge in [0.15, 0.2) is 12.4 Å². The molecule has 4 aliphatic carbocycles. The van der Waals surface area contributed by atoms with Gasteiger partial charge in [0.05, 0.1) is 24.2 Å². The lowest BCUT2D eigenvalue weighted by atomic mass is 9.46. The van der Waals surface area contributed by atoms with E-state index in [0.29, 0.717) is 31.2 Å². The Morgan fingerprint density at radius 1 is 1.12 bits per heavy atom. The Morgan fingerprint density at radius 2 is 1.80 bits per heavy atom. The van der Waals surface area contributed by atoms with Crippen LogP contribution in [0.1, 0.15) is 64.9 Å². The molecule has 5 rings (SSSR count). The quantitative estimate of drug-likeness (QED) is 0.0501. The van der Waals surface area contributed by atoms with E-state index in [2.05, 4.69) is 4.84 Å². The summed E-state index contributed by atoms with van der Waals surface area (Å²) in [7, 11) is 0. The third kappa shape index (κ3) is 6.90. The molecule has 0 spiro atoms. The van der Waals surface area contributed by atoms with Gasteiger partial charge in [-0.2, -0.15) is 0 Å². The van der Waals surface area contributed by atoms with Crippen LogP contribution in [0.3, 0.4) is 0 Å². The highest BCUT2D eigenvalue weighted by Crippen LogP contribution is 2.70. The number of halogens is 1. The number of esters is 1. The molecule has 0 aliphatic heterocycles. The number of benzene rings is 1. The average Bonchev–Trinajstić information content (AvgIpc) is 3.28. The van der Waals surface area contributed by atoms with Crippen LogP contribution in [0.15, 0.2) is 48.1 Å². The van der Waals surface area contributed by atoms with Gasteiger partial charge >= 0.3 is 12.1 Å². The van der Waals surface area contributed by atoms with Gasteiger partial charge in [-0.05, 0) is 80.1 Å². The molecule has 1 aromatic carbocycles. The summed E-state index contributed by atoms with van der Waals surface area (Å²) in [6.07, 6.45) is 5.14. The molecule has 0 aromatic heterocycles. The second-order valence-electron chi connectivity index (χ2n) is 14.6. The predicted molar refractivity (Wildman–Crippen MR) is 181 cm³/mol. The zero-order valence-corrected chi connectivity index (χ0v) is 29.6. The van der Waals surface area contributed by atoms with Gasteiger partial charge in [0.25, 0.3) is 5.09 Å². The van der Waals surface area contributed by atoms with E-state index in [4.69, 9.17) is 31.5 Å². The number of nitrogens with two attached hydrogens (primary N) is 1. The van der Waals surface area contributed by atoms with Crippen molar-refractivity contribution in [3.05, 3.63) is 63.7 Å². The standard InChI is InChI=1S/C36H45ClN2O12/c1-21-16-27-26-11-8-23-18-24(40)12-13-33(23,2)35(26,37)29(41)19-34(27,3)36(21,45)30(42)20-49-32(44)51-25-9-6-22(7-10-25)17-28(38)31(43)48-14-4-5-15-50-39(46)47/h6-10,12-13,21,26-29,41,45H,4-5,11,14-20,38H2,1-3H3/t21-,26-,27-,28?,29-,33-,34-,35-,36-/m0/s1. The fourth-order valence-electron chi connectivity index (χ4n) is 9.06. The Morgan fingerprint density at radius 3 is 2.49 bits per heavy atom. The number of nitrogens with zero attached hydrogens (tertiary/aromatic N) is 1. The Bertz CT molecular complexity index is 1610. The van der Waals surface area contributed by atoms with E-state index in [9.17, 15) is 39.5 Å². The Balaban J connectivity index is 1.15. The Hall–Kier alpha value is -3.85. The maximum absolute atomic E-state index is 13.8. The van der Waals surface area contributed by atoms with Crippen molar-refractivity contribution >= 4 is 35.3 Å². The first-order chi connectivity index (χ1) is 24.0. The lowest BCUT2D eigenvalue weighted by Crippen LogP contribution is -2.68. The minimum Gasteiger partial charge on any atom is -0.465 e. The summed E-state index contributed by atoms with van der Waals surface area (Å²) >= 11 is 7.45. The number of ether oxygens (including phenoxy) is 3. The Labute approximate surface area is 300 Å². The van der Waals surface area contributed by atoms with E-state index in [0.717, 1.165) is 5.57 Å². The van der Waals surface area contributed by atoms with E-state index in [1.807, 2.05) is 13.0 Å². The molecule has 0 saturated heterocycles. The van der Waals surface area contributed by atoms with Gasteiger partial charge in [-0.15, -0.1) is 21.7 Å². The van der Waals surface area contributed by atoms with Gasteiger partial charge in [0.2, 0.25) is 5.78 Å². The average molecular weight is 733 g/mol. The van der Waals surface area contributed by atoms with Crippen molar-refractivity contribution in [3.63, 3.8) is 0 Å². The van der Waals surface area contributed by atoms with Gasteiger partial charge in [-0.1, -0.05) is 50.6 Å². The van der Waals surface area contributed by atoms with Crippen LogP contribution in [0.2, 0.25) is 0 Å². The highest BCUT2D eigenvalue weighted by molar-refractivity contribution is 6.26. The molecule has 14 nitrogen and oxygen atoms in total. The fourth-order valence-corrected chi connectivity index (χ4v) is 9.56. The van der Waals surface area contributed by atoms with Crippen molar-refractivity contribution in [1.82, 2.24) is 0 Å². The van der Waals surface area contributed by atoms with E-state index >= 15 is 0 Å². The van der Waals surface area contributed by atoms with Crippen molar-refractivity contribution in [1.29, 1.82) is 0 Å². The highest BCUT2D eigenvalue weighted by atomic mass is 35.5. The van der Waals surface area contributed by atoms with Crippen LogP contribution < -0.4 is 10.5 Å². The zero-order chi connectivity index (χ0) is 37.4. The summed E-state index contributed by atoms with van der Waals surface area (Å²) in [4.78, 5) is 64.0. The number of aliphatic hydroxyl groups excluding tert-OH is 1. The van der Waals surface area contributed by atoms with Crippen molar-refractivity contribution in [2.75, 3.05) is 19.8 Å². The molecule has 278 valence electrons. The molecule has 2 saturated carbocycles. The molecule has 4 aliphatic rings. The van der Waals surface area contributed by atoms with Gasteiger partial charge in [0.1, 0.15) is 17.4 Å². The second-order valence-corrected chi connectivity index (χ2v) is 15.2. The van der Waals surface area contributed by atoms with E-state index < -0.39 is 69.0 Å². The van der Waals surface area contributed by atoms with Crippen LogP contribution >= 0.6 is 11.6 Å². The number of unbranched alkanes of at least 4 members (excludes halogenated alkanes) is 1. The molecule has 4 N–H and O–H groups in total. The lowest BCUT2D eigenvalue weighted by molar-refractivity contribution is -0.757. The third-order valence-electron chi connectivity index (χ3n) is 11.8. The van der Waals surface area contributed by atoms with Crippen molar-refractivity contribution < 1.29 is 53.5 Å². The van der Waals surface area contributed by atoms with Crippen LogP contribution in [-0.2, 0) is 35.1 Å². The molecule has 15 heteroatoms. The minimum absolute atomic E-state index is 0.0204. The first-order valence-corrected chi connectivity index (χ1v) is 17.5. The van der Waals surface area contributed by atoms with Crippen molar-refractivity contribution in [2.45, 2.75) is 88.3 Å². The van der Waals surface area contributed by atoms with Crippen LogP contribution in [0.25, 0.3) is 0 Å². The first-order valence-electron chi connectivity index (χ1n) is 17.1. The topological polar surface area (TPSA) is 215 Å². The molecule has 0 radical (unpaired) electrons. The molecular weight excluding hydrogens is 688 g/mol. The number of fused-ring (bicyclic) bond motifs is 5. The number of alkyl halides is 1. The fraction of sp³-hybridized carbons (Fsp3) is 0.611. The Kier molecular flexibility index (Phi) is 11.0. The summed E-state index contributed by atoms with van der Waals surface area (Å²) in [6, 6.07) is 5.15. The molecule has 1 unspecified atom stereocenters. The van der Waals surface area contributed by atoms with E-state index in [1.165, 1.54) is 18.2 Å². The number of allylic oxidation sites excluding steroid dienone is 4. The predicted octanol–water partition coefficient (Wildman–Crippen LogP) is 3.79. The lowest BCUT2D eigenvalue weighted by Gasteiger charge is -2.63. The maximum atomic E-state index is 13.8. The van der Waals surface area contributed by atoms with Gasteiger partial charge in [-0.3, -0.25) is 14.4 Å². The summed E-state index contributed by atoms with van der Waals surface area (Å²) in [6.45, 7) is 4.70. The molecule has 0 heterocycles. The SMILES string of the molecule is C[C@H]1C[C@H]2[C@@H]3CC=C4CC(=O)C=C[C@]4(C)[C@@]3(Cl)[C@@H](O)C[C@]2(C)[C@@]1(O)C(=O)COC(=O)Oc1ccc(CC(N)C(=O)OCCCCO[N+](=O)[O-])cc1. The van der Waals surface area contributed by atoms with Crippen LogP contribution in [-0.4, -0.2) is 81.4 Å². The number of ketones is 2. The summed E-state index contributed by atoms with van der Waals surface area (Å²) in [5, 5.41) is 33.2. The van der Waals surface area contributed by atoms with Gasteiger partial charge in [0, 0.05) is 17.3 Å². The highest BCUT2D eigenvalue weighted by Gasteiger charge is 2.74. The van der Waals surface area contributed by atoms with Crippen LogP contribution in [0.4, 0.5) is 4.79 Å². The van der Waals surface area contributed by atoms with E-state index in [1.54, 1.807) is 32.1 Å². The number of hydrogen-bond donors (Lipinski definition) is 3. The van der Waals surface area contributed by atoms with E-state index in [-0.39, 0.29) is 55.8 Å². The summed E-state index contributed by atoms with van der Waals surface area (Å²) < 4.78 is 15.5. The van der Waals surface area contributed by atoms with Gasteiger partial charge < -0.3 is 35.0 Å². The molecule has 51 heavy (non-hydrogen) atoms. The summed E-state index contributed by atoms with van der Waals surface area (Å²) in [5.41, 5.74) is 3.69. The van der Waals surface area contributed by atoms with Crippen molar-refractivity contribution in [2.24, 2.45) is 34.3 Å². The second kappa shape index (κ2) is 14.6. The summed E-state index contributed by atoms with van der Waals surface area (Å²) in [5.74, 6) is -2.32. The van der Waals surface area contributed by atoms with Crippen molar-refractivity contribution in [3.8, 4) is 5.75 Å². The van der Waals surface area contributed by atoms with Crippen LogP contribution in [0.5, 0.6) is 5.75 Å². The minimum atomic E-state index is -1.92. The normalized spacial score (nSPS) is 34.3. The first kappa shape index (κ1) is 38.4. The molecule has 9 atom stereocenters. The maximum Gasteiger partial charge on any atom is 0.514 e. The number of aliphatic hydroxyl groups is 2. The largest absolute Gasteiger partial charge is 0.514 e. The zero-order valence-electron chi connectivity index (χ0n) is 28.9. The number of carbonyl (C=O) groups excluding carboxylic acids is 4. The molecule has 1 aromatic rings. The number of rotatable bonds is 13. The molecule has 0 amide bonds. The molecule has 2 fully saturated rings.